The minimum absolute atomic E-state index is 0.185. The van der Waals surface area contributed by atoms with Crippen molar-refractivity contribution >= 4 is 5.91 Å². The molecule has 0 aliphatic heterocycles. The van der Waals surface area contributed by atoms with Crippen LogP contribution in [0.25, 0.3) is 0 Å². The van der Waals surface area contributed by atoms with Crippen LogP contribution in [0.1, 0.15) is 31.1 Å². The number of hydrogen-bond acceptors (Lipinski definition) is 3. The van der Waals surface area contributed by atoms with Crippen LogP contribution >= 0.6 is 0 Å². The van der Waals surface area contributed by atoms with E-state index in [4.69, 9.17) is 9.57 Å². The smallest absolute Gasteiger partial charge is 0.277 e. The summed E-state index contributed by atoms with van der Waals surface area (Å²) in [6.45, 7) is 5.93. The van der Waals surface area contributed by atoms with Gasteiger partial charge in [-0.25, -0.2) is 5.06 Å². The Morgan fingerprint density at radius 2 is 1.71 bits per heavy atom. The lowest BCUT2D eigenvalue weighted by Gasteiger charge is -2.21. The molecule has 0 bridgehead atoms. The van der Waals surface area contributed by atoms with Gasteiger partial charge in [-0.15, -0.1) is 0 Å². The van der Waals surface area contributed by atoms with Crippen molar-refractivity contribution in [3.05, 3.63) is 29.8 Å². The van der Waals surface area contributed by atoms with Gasteiger partial charge in [-0.05, 0) is 45.0 Å². The zero-order valence-corrected chi connectivity index (χ0v) is 11.0. The Morgan fingerprint density at radius 3 is 2.12 bits per heavy atom. The van der Waals surface area contributed by atoms with Gasteiger partial charge < -0.3 is 4.74 Å². The molecule has 0 fully saturated rings. The highest BCUT2D eigenvalue weighted by molar-refractivity contribution is 5.93. The van der Waals surface area contributed by atoms with Gasteiger partial charge in [-0.3, -0.25) is 9.63 Å². The number of hydrogen-bond donors (Lipinski definition) is 0. The predicted molar refractivity (Wildman–Crippen MR) is 65.9 cm³/mol. The van der Waals surface area contributed by atoms with E-state index in [0.717, 1.165) is 5.75 Å². The van der Waals surface area contributed by atoms with E-state index in [1.165, 1.54) is 12.2 Å². The minimum Gasteiger partial charge on any atom is -0.488 e. The highest BCUT2D eigenvalue weighted by Crippen LogP contribution is 2.18. The number of nitrogens with zero attached hydrogens (tertiary/aromatic N) is 1. The zero-order chi connectivity index (χ0) is 13.1. The lowest BCUT2D eigenvalue weighted by molar-refractivity contribution is -0.0757. The summed E-state index contributed by atoms with van der Waals surface area (Å²) in [5.74, 6) is 0.559. The van der Waals surface area contributed by atoms with Crippen molar-refractivity contribution in [3.8, 4) is 5.75 Å². The number of rotatable bonds is 3. The van der Waals surface area contributed by atoms with E-state index in [1.807, 2.05) is 20.8 Å². The fourth-order valence-electron chi connectivity index (χ4n) is 1.28. The van der Waals surface area contributed by atoms with Gasteiger partial charge in [0.25, 0.3) is 5.91 Å². The van der Waals surface area contributed by atoms with Crippen LogP contribution in [0.4, 0.5) is 0 Å². The van der Waals surface area contributed by atoms with E-state index in [9.17, 15) is 4.79 Å². The third-order valence-electron chi connectivity index (χ3n) is 2.09. The molecule has 1 aromatic rings. The second kappa shape index (κ2) is 5.19. The molecule has 0 aromatic heterocycles. The summed E-state index contributed by atoms with van der Waals surface area (Å²) in [4.78, 5) is 16.6. The van der Waals surface area contributed by atoms with Gasteiger partial charge in [0, 0.05) is 12.6 Å². The monoisotopic (exact) mass is 237 g/mol. The molecular weight excluding hydrogens is 218 g/mol. The molecule has 0 heterocycles. The average Bonchev–Trinajstić information content (AvgIpc) is 2.26. The van der Waals surface area contributed by atoms with E-state index in [-0.39, 0.29) is 11.5 Å². The van der Waals surface area contributed by atoms with Crippen LogP contribution in [0.5, 0.6) is 5.75 Å². The highest BCUT2D eigenvalue weighted by atomic mass is 16.7. The highest BCUT2D eigenvalue weighted by Gasteiger charge is 2.14. The Bertz CT molecular complexity index is 379. The second-order valence-corrected chi connectivity index (χ2v) is 4.72. The fourth-order valence-corrected chi connectivity index (χ4v) is 1.28. The van der Waals surface area contributed by atoms with Crippen LogP contribution in [0.3, 0.4) is 0 Å². The Morgan fingerprint density at radius 1 is 1.18 bits per heavy atom. The van der Waals surface area contributed by atoms with Gasteiger partial charge in [-0.1, -0.05) is 0 Å². The zero-order valence-electron chi connectivity index (χ0n) is 11.0. The third kappa shape index (κ3) is 4.07. The van der Waals surface area contributed by atoms with Gasteiger partial charge in [0.1, 0.15) is 11.4 Å². The van der Waals surface area contributed by atoms with Crippen LogP contribution in [0.2, 0.25) is 0 Å². The van der Waals surface area contributed by atoms with Gasteiger partial charge >= 0.3 is 0 Å². The summed E-state index contributed by atoms with van der Waals surface area (Å²) in [6.07, 6.45) is 0. The molecule has 1 aromatic carbocycles. The summed E-state index contributed by atoms with van der Waals surface area (Å²) in [5.41, 5.74) is 0.324. The van der Waals surface area contributed by atoms with Crippen molar-refractivity contribution in [2.75, 3.05) is 14.2 Å². The van der Waals surface area contributed by atoms with Crippen molar-refractivity contribution in [3.63, 3.8) is 0 Å². The summed E-state index contributed by atoms with van der Waals surface area (Å²) < 4.78 is 5.67. The Kier molecular flexibility index (Phi) is 4.12. The normalized spacial score (nSPS) is 11.1. The van der Waals surface area contributed by atoms with E-state index in [2.05, 4.69) is 0 Å². The molecule has 0 radical (unpaired) electrons. The van der Waals surface area contributed by atoms with Crippen LogP contribution in [0, 0.1) is 0 Å². The molecule has 4 nitrogen and oxygen atoms in total. The number of ether oxygens (including phenoxy) is 1. The predicted octanol–water partition coefficient (Wildman–Crippen LogP) is 2.50. The minimum atomic E-state index is -0.241. The summed E-state index contributed by atoms with van der Waals surface area (Å²) in [5, 5.41) is 1.18. The lowest BCUT2D eigenvalue weighted by atomic mass is 10.1. The third-order valence-corrected chi connectivity index (χ3v) is 2.09. The van der Waals surface area contributed by atoms with Crippen LogP contribution in [-0.4, -0.2) is 30.7 Å². The largest absolute Gasteiger partial charge is 0.488 e. The first kappa shape index (κ1) is 13.5. The Balaban J connectivity index is 2.78. The Hall–Kier alpha value is -1.55. The standard InChI is InChI=1S/C13H19NO3/c1-13(2,3)17-11-8-6-10(7-9-11)12(15)14(4)16-5/h6-9H,1-5H3. The molecule has 1 amide bonds. The molecule has 0 unspecified atom stereocenters. The maximum Gasteiger partial charge on any atom is 0.277 e. The van der Waals surface area contributed by atoms with Crippen LogP contribution in [0.15, 0.2) is 24.3 Å². The van der Waals surface area contributed by atoms with Crippen LogP contribution in [-0.2, 0) is 4.84 Å². The molecule has 94 valence electrons. The maximum atomic E-state index is 11.7. The number of carbonyl (C=O) groups excluding carboxylic acids is 1. The molecule has 1 rings (SSSR count). The SMILES string of the molecule is CON(C)C(=O)c1ccc(OC(C)(C)C)cc1. The molecule has 0 atom stereocenters. The number of amides is 1. The van der Waals surface area contributed by atoms with E-state index in [1.54, 1.807) is 31.3 Å². The second-order valence-electron chi connectivity index (χ2n) is 4.72. The van der Waals surface area contributed by atoms with Crippen molar-refractivity contribution in [2.45, 2.75) is 26.4 Å². The molecule has 4 heteroatoms. The van der Waals surface area contributed by atoms with Crippen molar-refractivity contribution in [1.82, 2.24) is 5.06 Å². The first-order valence-corrected chi connectivity index (χ1v) is 5.45. The number of benzene rings is 1. The molecular formula is C13H19NO3. The topological polar surface area (TPSA) is 38.8 Å². The first-order chi connectivity index (χ1) is 7.83. The molecule has 0 saturated heterocycles. The Labute approximate surface area is 102 Å². The van der Waals surface area contributed by atoms with Gasteiger partial charge in [0.15, 0.2) is 0 Å². The maximum absolute atomic E-state index is 11.7. The average molecular weight is 237 g/mol. The van der Waals surface area contributed by atoms with Gasteiger partial charge in [-0.2, -0.15) is 0 Å². The number of hydroxylamine groups is 2. The number of carbonyl (C=O) groups is 1. The van der Waals surface area contributed by atoms with Gasteiger partial charge in [0.05, 0.1) is 7.11 Å². The lowest BCUT2D eigenvalue weighted by Crippen LogP contribution is -2.25. The van der Waals surface area contributed by atoms with E-state index < -0.39 is 0 Å². The molecule has 17 heavy (non-hydrogen) atoms. The van der Waals surface area contributed by atoms with Crippen LogP contribution < -0.4 is 4.74 Å². The summed E-state index contributed by atoms with van der Waals surface area (Å²) in [7, 11) is 3.02. The molecule has 0 saturated carbocycles. The first-order valence-electron chi connectivity index (χ1n) is 5.45. The van der Waals surface area contributed by atoms with Crippen molar-refractivity contribution in [1.29, 1.82) is 0 Å². The van der Waals surface area contributed by atoms with E-state index in [0.29, 0.717) is 5.56 Å². The summed E-state index contributed by atoms with van der Waals surface area (Å²) >= 11 is 0. The fraction of sp³-hybridized carbons (Fsp3) is 0.462. The molecule has 0 spiro atoms. The van der Waals surface area contributed by atoms with Crippen molar-refractivity contribution < 1.29 is 14.4 Å². The van der Waals surface area contributed by atoms with Crippen molar-refractivity contribution in [2.24, 2.45) is 0 Å². The summed E-state index contributed by atoms with van der Waals surface area (Å²) in [6, 6.07) is 7.00. The molecule has 0 N–H and O–H groups in total. The molecule has 0 aliphatic rings. The van der Waals surface area contributed by atoms with Gasteiger partial charge in [0.2, 0.25) is 0 Å². The quantitative estimate of drug-likeness (QED) is 0.758. The molecule has 0 aliphatic carbocycles. The van der Waals surface area contributed by atoms with E-state index >= 15 is 0 Å².